The van der Waals surface area contributed by atoms with E-state index in [2.05, 4.69) is 0 Å². The van der Waals surface area contributed by atoms with Crippen LogP contribution < -0.4 is 0 Å². The van der Waals surface area contributed by atoms with E-state index in [1.165, 1.54) is 6.07 Å². The third kappa shape index (κ3) is 4.15. The molecule has 0 aliphatic rings. The van der Waals surface area contributed by atoms with Gasteiger partial charge in [0.1, 0.15) is 11.6 Å². The number of benzene rings is 1. The predicted molar refractivity (Wildman–Crippen MR) is 74.8 cm³/mol. The lowest BCUT2D eigenvalue weighted by Gasteiger charge is -2.24. The Hall–Kier alpha value is -1.71. The minimum atomic E-state index is -0.835. The van der Waals surface area contributed by atoms with Crippen molar-refractivity contribution in [1.29, 1.82) is 0 Å². The van der Waals surface area contributed by atoms with E-state index in [-0.39, 0.29) is 31.2 Å². The molecule has 1 rings (SSSR count). The fraction of sp³-hybridized carbons (Fsp3) is 0.500. The summed E-state index contributed by atoms with van der Waals surface area (Å²) in [5, 5.41) is 0. The first-order valence-corrected chi connectivity index (χ1v) is 6.85. The number of halogens is 1. The van der Waals surface area contributed by atoms with E-state index in [4.69, 9.17) is 4.74 Å². The maximum atomic E-state index is 13.5. The summed E-state index contributed by atoms with van der Waals surface area (Å²) in [5.74, 6) is -0.924. The van der Waals surface area contributed by atoms with Gasteiger partial charge in [-0.1, -0.05) is 25.1 Å². The number of hydrogen-bond donors (Lipinski definition) is 0. The lowest BCUT2D eigenvalue weighted by molar-refractivity contribution is -0.156. The summed E-state index contributed by atoms with van der Waals surface area (Å²) in [6.07, 6.45) is 0.577. The van der Waals surface area contributed by atoms with E-state index in [9.17, 15) is 14.0 Å². The van der Waals surface area contributed by atoms with Crippen molar-refractivity contribution in [3.63, 3.8) is 0 Å². The van der Waals surface area contributed by atoms with Crippen LogP contribution in [0.1, 0.15) is 39.2 Å². The first kappa shape index (κ1) is 16.3. The SMILES string of the molecule is CCOC(=O)C(C)(CC)CC(=O)Cc1ccccc1F. The number of esters is 1. The Bertz CT molecular complexity index is 484. The number of carbonyl (C=O) groups excluding carboxylic acids is 2. The number of ketones is 1. The molecule has 0 aliphatic carbocycles. The zero-order valence-electron chi connectivity index (χ0n) is 12.2. The second-order valence-corrected chi connectivity index (χ2v) is 5.12. The molecule has 1 unspecified atom stereocenters. The Labute approximate surface area is 119 Å². The molecule has 0 saturated heterocycles. The van der Waals surface area contributed by atoms with E-state index in [0.29, 0.717) is 12.0 Å². The van der Waals surface area contributed by atoms with Crippen LogP contribution in [0.4, 0.5) is 4.39 Å². The van der Waals surface area contributed by atoms with E-state index >= 15 is 0 Å². The fourth-order valence-corrected chi connectivity index (χ4v) is 2.00. The molecule has 0 N–H and O–H groups in total. The van der Waals surface area contributed by atoms with Crippen molar-refractivity contribution in [2.45, 2.75) is 40.0 Å². The van der Waals surface area contributed by atoms with Gasteiger partial charge in [0.15, 0.2) is 0 Å². The smallest absolute Gasteiger partial charge is 0.312 e. The first-order chi connectivity index (χ1) is 9.42. The molecule has 0 bridgehead atoms. The van der Waals surface area contributed by atoms with Crippen LogP contribution in [0.3, 0.4) is 0 Å². The maximum Gasteiger partial charge on any atom is 0.312 e. The number of Topliss-reactive ketones (excluding diaryl/α,β-unsaturated/α-hetero) is 1. The predicted octanol–water partition coefficient (Wildman–Crippen LogP) is 3.31. The fourth-order valence-electron chi connectivity index (χ4n) is 2.00. The Morgan fingerprint density at radius 1 is 1.25 bits per heavy atom. The summed E-state index contributed by atoms with van der Waals surface area (Å²) in [7, 11) is 0. The molecule has 0 saturated carbocycles. The monoisotopic (exact) mass is 280 g/mol. The van der Waals surface area contributed by atoms with Gasteiger partial charge in [0.2, 0.25) is 0 Å². The van der Waals surface area contributed by atoms with Gasteiger partial charge in [-0.2, -0.15) is 0 Å². The zero-order chi connectivity index (χ0) is 15.2. The number of carbonyl (C=O) groups is 2. The number of rotatable bonds is 7. The lowest BCUT2D eigenvalue weighted by Crippen LogP contribution is -2.32. The highest BCUT2D eigenvalue weighted by atomic mass is 19.1. The van der Waals surface area contributed by atoms with E-state index in [0.717, 1.165) is 0 Å². The summed E-state index contributed by atoms with van der Waals surface area (Å²) in [6.45, 7) is 5.57. The second kappa shape index (κ2) is 7.17. The minimum Gasteiger partial charge on any atom is -0.466 e. The van der Waals surface area contributed by atoms with Gasteiger partial charge in [-0.15, -0.1) is 0 Å². The molecule has 3 nitrogen and oxygen atoms in total. The van der Waals surface area contributed by atoms with Crippen LogP contribution in [0, 0.1) is 11.2 Å². The lowest BCUT2D eigenvalue weighted by atomic mass is 9.81. The molecule has 110 valence electrons. The Kier molecular flexibility index (Phi) is 5.86. The normalized spacial score (nSPS) is 13.6. The van der Waals surface area contributed by atoms with Crippen LogP contribution in [0.25, 0.3) is 0 Å². The summed E-state index contributed by atoms with van der Waals surface area (Å²) in [5.41, 5.74) is -0.474. The van der Waals surface area contributed by atoms with Crippen LogP contribution in [0.2, 0.25) is 0 Å². The largest absolute Gasteiger partial charge is 0.466 e. The standard InChI is InChI=1S/C16H21FO3/c1-4-16(3,15(19)20-5-2)11-13(18)10-12-8-6-7-9-14(12)17/h6-9H,4-5,10-11H2,1-3H3. The van der Waals surface area contributed by atoms with Crippen LogP contribution in [-0.4, -0.2) is 18.4 Å². The quantitative estimate of drug-likeness (QED) is 0.720. The van der Waals surface area contributed by atoms with Gasteiger partial charge in [0.05, 0.1) is 12.0 Å². The molecule has 0 heterocycles. The maximum absolute atomic E-state index is 13.5. The van der Waals surface area contributed by atoms with Crippen LogP contribution in [0.5, 0.6) is 0 Å². The third-order valence-electron chi connectivity index (χ3n) is 3.48. The summed E-state index contributed by atoms with van der Waals surface area (Å²) >= 11 is 0. The molecule has 1 aromatic rings. The van der Waals surface area contributed by atoms with Gasteiger partial charge < -0.3 is 4.74 Å². The van der Waals surface area contributed by atoms with Crippen LogP contribution in [0.15, 0.2) is 24.3 Å². The molecule has 0 aliphatic heterocycles. The van der Waals surface area contributed by atoms with Crippen molar-refractivity contribution in [3.05, 3.63) is 35.6 Å². The first-order valence-electron chi connectivity index (χ1n) is 6.85. The Balaban J connectivity index is 2.73. The van der Waals surface area contributed by atoms with Crippen molar-refractivity contribution >= 4 is 11.8 Å². The van der Waals surface area contributed by atoms with Crippen LogP contribution >= 0.6 is 0 Å². The van der Waals surface area contributed by atoms with Gasteiger partial charge >= 0.3 is 5.97 Å². The highest BCUT2D eigenvalue weighted by molar-refractivity contribution is 5.88. The van der Waals surface area contributed by atoms with Crippen molar-refractivity contribution in [2.75, 3.05) is 6.61 Å². The zero-order valence-corrected chi connectivity index (χ0v) is 12.2. The van der Waals surface area contributed by atoms with E-state index in [1.807, 2.05) is 6.92 Å². The number of ether oxygens (including phenoxy) is 1. The Morgan fingerprint density at radius 3 is 2.45 bits per heavy atom. The Morgan fingerprint density at radius 2 is 1.90 bits per heavy atom. The molecular weight excluding hydrogens is 259 g/mol. The van der Waals surface area contributed by atoms with E-state index in [1.54, 1.807) is 32.0 Å². The second-order valence-electron chi connectivity index (χ2n) is 5.12. The van der Waals surface area contributed by atoms with Crippen molar-refractivity contribution in [2.24, 2.45) is 5.41 Å². The summed E-state index contributed by atoms with van der Waals surface area (Å²) in [4.78, 5) is 24.0. The van der Waals surface area contributed by atoms with Crippen molar-refractivity contribution in [1.82, 2.24) is 0 Å². The molecule has 20 heavy (non-hydrogen) atoms. The minimum absolute atomic E-state index is 0.00166. The van der Waals surface area contributed by atoms with Crippen molar-refractivity contribution < 1.29 is 18.7 Å². The summed E-state index contributed by atoms with van der Waals surface area (Å²) < 4.78 is 18.5. The highest BCUT2D eigenvalue weighted by Gasteiger charge is 2.35. The van der Waals surface area contributed by atoms with Gasteiger partial charge in [-0.05, 0) is 31.9 Å². The molecule has 0 fully saturated rings. The van der Waals surface area contributed by atoms with Gasteiger partial charge in [-0.3, -0.25) is 9.59 Å². The molecule has 0 radical (unpaired) electrons. The van der Waals surface area contributed by atoms with Gasteiger partial charge in [0.25, 0.3) is 0 Å². The number of hydrogen-bond acceptors (Lipinski definition) is 3. The summed E-state index contributed by atoms with van der Waals surface area (Å²) in [6, 6.07) is 6.18. The highest BCUT2D eigenvalue weighted by Crippen LogP contribution is 2.28. The molecule has 0 aromatic heterocycles. The average molecular weight is 280 g/mol. The molecule has 0 amide bonds. The van der Waals surface area contributed by atoms with E-state index < -0.39 is 11.2 Å². The third-order valence-corrected chi connectivity index (χ3v) is 3.48. The molecule has 1 aromatic carbocycles. The topological polar surface area (TPSA) is 43.4 Å². The van der Waals surface area contributed by atoms with Gasteiger partial charge in [-0.25, -0.2) is 4.39 Å². The van der Waals surface area contributed by atoms with Crippen LogP contribution in [-0.2, 0) is 20.7 Å². The average Bonchev–Trinajstić information content (AvgIpc) is 2.41. The molecule has 4 heteroatoms. The van der Waals surface area contributed by atoms with Gasteiger partial charge in [0, 0.05) is 12.8 Å². The van der Waals surface area contributed by atoms with Crippen molar-refractivity contribution in [3.8, 4) is 0 Å². The molecular formula is C16H21FO3. The molecule has 0 spiro atoms. The molecule has 1 atom stereocenters.